The second-order valence-electron chi connectivity index (χ2n) is 8.90. The maximum Gasteiger partial charge on any atom is 0.227 e. The van der Waals surface area contributed by atoms with Gasteiger partial charge >= 0.3 is 0 Å². The van der Waals surface area contributed by atoms with Gasteiger partial charge in [0.25, 0.3) is 0 Å². The summed E-state index contributed by atoms with van der Waals surface area (Å²) in [6.45, 7) is 6.20. The van der Waals surface area contributed by atoms with E-state index in [4.69, 9.17) is 4.74 Å². The number of amides is 1. The van der Waals surface area contributed by atoms with Gasteiger partial charge in [-0.2, -0.15) is 0 Å². The lowest BCUT2D eigenvalue weighted by Gasteiger charge is -2.35. The first kappa shape index (κ1) is 22.1. The van der Waals surface area contributed by atoms with Crippen molar-refractivity contribution in [3.63, 3.8) is 0 Å². The summed E-state index contributed by atoms with van der Waals surface area (Å²) in [5.74, 6) is 1.08. The van der Waals surface area contributed by atoms with Crippen LogP contribution in [0.5, 0.6) is 5.75 Å². The molecule has 6 heteroatoms. The second kappa shape index (κ2) is 9.98. The van der Waals surface area contributed by atoms with E-state index in [9.17, 15) is 9.18 Å². The summed E-state index contributed by atoms with van der Waals surface area (Å²) in [6, 6.07) is 14.3. The molecule has 0 saturated heterocycles. The predicted octanol–water partition coefficient (Wildman–Crippen LogP) is 4.64. The van der Waals surface area contributed by atoms with Gasteiger partial charge in [-0.15, -0.1) is 0 Å². The monoisotopic (exact) mass is 435 g/mol. The van der Waals surface area contributed by atoms with E-state index in [1.165, 1.54) is 12.1 Å². The average molecular weight is 436 g/mol. The predicted molar refractivity (Wildman–Crippen MR) is 122 cm³/mol. The highest BCUT2D eigenvalue weighted by molar-refractivity contribution is 5.79. The van der Waals surface area contributed by atoms with Crippen LogP contribution >= 0.6 is 0 Å². The number of aryl methyl sites for hydroxylation is 1. The number of hydrogen-bond acceptors (Lipinski definition) is 3. The lowest BCUT2D eigenvalue weighted by Crippen LogP contribution is -2.44. The van der Waals surface area contributed by atoms with Crippen molar-refractivity contribution < 1.29 is 13.9 Å². The highest BCUT2D eigenvalue weighted by Crippen LogP contribution is 2.23. The zero-order chi connectivity index (χ0) is 22.5. The van der Waals surface area contributed by atoms with Crippen molar-refractivity contribution in [2.75, 3.05) is 6.61 Å². The summed E-state index contributed by atoms with van der Waals surface area (Å²) < 4.78 is 21.3. The lowest BCUT2D eigenvalue weighted by atomic mass is 10.00. The molecule has 3 aromatic rings. The summed E-state index contributed by atoms with van der Waals surface area (Å²) in [6.07, 6.45) is 5.69. The molecule has 1 aliphatic rings. The molecule has 0 spiro atoms. The van der Waals surface area contributed by atoms with Crippen LogP contribution in [0.4, 0.5) is 4.39 Å². The van der Waals surface area contributed by atoms with Crippen molar-refractivity contribution in [2.45, 2.75) is 52.2 Å². The summed E-state index contributed by atoms with van der Waals surface area (Å²) in [5, 5.41) is 0. The van der Waals surface area contributed by atoms with E-state index < -0.39 is 0 Å². The minimum Gasteiger partial charge on any atom is -0.493 e. The van der Waals surface area contributed by atoms with Crippen LogP contribution in [0, 0.1) is 11.7 Å². The van der Waals surface area contributed by atoms with Crippen LogP contribution < -0.4 is 4.74 Å². The van der Waals surface area contributed by atoms with Crippen molar-refractivity contribution in [2.24, 2.45) is 5.92 Å². The quantitative estimate of drug-likeness (QED) is 0.518. The molecule has 0 aliphatic carbocycles. The summed E-state index contributed by atoms with van der Waals surface area (Å²) in [7, 11) is 0. The van der Waals surface area contributed by atoms with Crippen LogP contribution in [0.3, 0.4) is 0 Å². The van der Waals surface area contributed by atoms with Crippen LogP contribution in [0.2, 0.25) is 0 Å². The SMILES string of the molecule is CC(C)COc1ccc(CC(=O)N(Cc2ccc(F)cc2)[C@H]2CCn3cncc3C2)cc1. The Labute approximate surface area is 188 Å². The van der Waals surface area contributed by atoms with E-state index in [1.54, 1.807) is 12.1 Å². The molecule has 2 aromatic carbocycles. The number of carbonyl (C=O) groups excluding carboxylic acids is 1. The van der Waals surface area contributed by atoms with Crippen molar-refractivity contribution in [1.29, 1.82) is 0 Å². The Hall–Kier alpha value is -3.15. The topological polar surface area (TPSA) is 47.4 Å². The minimum atomic E-state index is -0.270. The first-order valence-corrected chi connectivity index (χ1v) is 11.2. The van der Waals surface area contributed by atoms with Crippen LogP contribution in [-0.2, 0) is 30.7 Å². The van der Waals surface area contributed by atoms with Gasteiger partial charge < -0.3 is 14.2 Å². The zero-order valence-corrected chi connectivity index (χ0v) is 18.7. The average Bonchev–Trinajstić information content (AvgIpc) is 3.26. The first-order chi connectivity index (χ1) is 15.5. The van der Waals surface area contributed by atoms with Gasteiger partial charge in [0, 0.05) is 37.4 Å². The van der Waals surface area contributed by atoms with Crippen molar-refractivity contribution >= 4 is 5.91 Å². The number of imidazole rings is 1. The Balaban J connectivity index is 1.48. The molecule has 0 saturated carbocycles. The number of nitrogens with zero attached hydrogens (tertiary/aromatic N) is 3. The maximum atomic E-state index is 13.4. The van der Waals surface area contributed by atoms with Crippen molar-refractivity contribution in [1.82, 2.24) is 14.5 Å². The number of rotatable bonds is 8. The molecule has 1 amide bonds. The highest BCUT2D eigenvalue weighted by Gasteiger charge is 2.28. The number of carbonyl (C=O) groups is 1. The summed E-state index contributed by atoms with van der Waals surface area (Å²) >= 11 is 0. The molecule has 168 valence electrons. The third-order valence-corrected chi connectivity index (χ3v) is 5.84. The van der Waals surface area contributed by atoms with Crippen molar-refractivity contribution in [3.8, 4) is 5.75 Å². The maximum absolute atomic E-state index is 13.4. The Morgan fingerprint density at radius 2 is 1.88 bits per heavy atom. The molecular weight excluding hydrogens is 405 g/mol. The standard InChI is InChI=1S/C26H30FN3O2/c1-19(2)17-32-25-9-5-20(6-10-25)13-26(31)30(16-21-3-7-22(27)8-4-21)23-11-12-29-18-28-15-24(29)14-23/h3-10,15,18-19,23H,11-14,16-17H2,1-2H3/t23-/m0/s1. The van der Waals surface area contributed by atoms with E-state index in [-0.39, 0.29) is 17.8 Å². The third kappa shape index (κ3) is 5.55. The number of hydrogen-bond donors (Lipinski definition) is 0. The number of fused-ring (bicyclic) bond motifs is 1. The summed E-state index contributed by atoms with van der Waals surface area (Å²) in [4.78, 5) is 19.6. The van der Waals surface area contributed by atoms with E-state index in [1.807, 2.05) is 41.7 Å². The van der Waals surface area contributed by atoms with E-state index in [2.05, 4.69) is 23.4 Å². The number of benzene rings is 2. The molecule has 0 fully saturated rings. The fraction of sp³-hybridized carbons (Fsp3) is 0.385. The van der Waals surface area contributed by atoms with Crippen LogP contribution in [-0.4, -0.2) is 33.0 Å². The van der Waals surface area contributed by atoms with Gasteiger partial charge in [0.2, 0.25) is 5.91 Å². The third-order valence-electron chi connectivity index (χ3n) is 5.84. The molecule has 4 rings (SSSR count). The molecular formula is C26H30FN3O2. The molecule has 0 radical (unpaired) electrons. The lowest BCUT2D eigenvalue weighted by molar-refractivity contribution is -0.134. The Morgan fingerprint density at radius 3 is 2.59 bits per heavy atom. The van der Waals surface area contributed by atoms with Gasteiger partial charge in [0.15, 0.2) is 0 Å². The Bertz CT molecular complexity index is 1030. The van der Waals surface area contributed by atoms with Gasteiger partial charge in [-0.05, 0) is 47.7 Å². The van der Waals surface area contributed by atoms with Gasteiger partial charge in [0.1, 0.15) is 11.6 Å². The molecule has 0 N–H and O–H groups in total. The first-order valence-electron chi connectivity index (χ1n) is 11.2. The molecule has 1 aromatic heterocycles. The van der Waals surface area contributed by atoms with Crippen LogP contribution in [0.15, 0.2) is 61.1 Å². The van der Waals surface area contributed by atoms with Crippen molar-refractivity contribution in [3.05, 3.63) is 83.7 Å². The van der Waals surface area contributed by atoms with E-state index in [0.29, 0.717) is 25.5 Å². The Morgan fingerprint density at radius 1 is 1.16 bits per heavy atom. The smallest absolute Gasteiger partial charge is 0.227 e. The number of aromatic nitrogens is 2. The summed E-state index contributed by atoms with van der Waals surface area (Å²) in [5.41, 5.74) is 3.03. The molecule has 0 bridgehead atoms. The fourth-order valence-electron chi connectivity index (χ4n) is 4.07. The zero-order valence-electron chi connectivity index (χ0n) is 18.7. The van der Waals surface area contributed by atoms with E-state index in [0.717, 1.165) is 42.0 Å². The van der Waals surface area contributed by atoms with Gasteiger partial charge in [-0.1, -0.05) is 38.1 Å². The largest absolute Gasteiger partial charge is 0.493 e. The second-order valence-corrected chi connectivity index (χ2v) is 8.90. The molecule has 32 heavy (non-hydrogen) atoms. The molecule has 0 unspecified atom stereocenters. The normalized spacial score (nSPS) is 15.4. The fourth-order valence-corrected chi connectivity index (χ4v) is 4.07. The van der Waals surface area contributed by atoms with Gasteiger partial charge in [-0.25, -0.2) is 9.37 Å². The van der Waals surface area contributed by atoms with Gasteiger partial charge in [-0.3, -0.25) is 4.79 Å². The Kier molecular flexibility index (Phi) is 6.88. The molecule has 1 atom stereocenters. The van der Waals surface area contributed by atoms with Crippen LogP contribution in [0.25, 0.3) is 0 Å². The van der Waals surface area contributed by atoms with Gasteiger partial charge in [0.05, 0.1) is 19.4 Å². The highest BCUT2D eigenvalue weighted by atomic mass is 19.1. The molecule has 1 aliphatic heterocycles. The molecule has 2 heterocycles. The van der Waals surface area contributed by atoms with E-state index >= 15 is 0 Å². The minimum absolute atomic E-state index is 0.0724. The van der Waals surface area contributed by atoms with Crippen LogP contribution in [0.1, 0.15) is 37.1 Å². The number of ether oxygens (including phenoxy) is 1. The number of halogens is 1. The molecule has 5 nitrogen and oxygen atoms in total.